The summed E-state index contributed by atoms with van der Waals surface area (Å²) < 4.78 is 6.22. The zero-order valence-electron chi connectivity index (χ0n) is 15.2. The Morgan fingerprint density at radius 2 is 1.15 bits per heavy atom. The van der Waals surface area contributed by atoms with E-state index in [1.54, 1.807) is 0 Å². The van der Waals surface area contributed by atoms with Gasteiger partial charge < -0.3 is 8.91 Å². The second kappa shape index (κ2) is 4.78. The lowest BCUT2D eigenvalue weighted by atomic mass is 9.57. The molecule has 0 aromatic rings. The van der Waals surface area contributed by atoms with E-state index in [1.165, 1.54) is 6.29 Å². The van der Waals surface area contributed by atoms with Gasteiger partial charge in [0.15, 0.2) is 18.8 Å². The molecule has 0 saturated heterocycles. The van der Waals surface area contributed by atoms with Crippen LogP contribution in [0.3, 0.4) is 0 Å². The number of rotatable bonds is 4. The first-order valence-electron chi connectivity index (χ1n) is 7.81. The largest absolute Gasteiger partial charge is 0.462 e. The van der Waals surface area contributed by atoms with E-state index in [2.05, 4.69) is 68.5 Å². The van der Waals surface area contributed by atoms with Crippen LogP contribution in [0.2, 0.25) is 18.1 Å². The molecule has 1 saturated carbocycles. The molecule has 0 bridgehead atoms. The maximum Gasteiger partial charge on any atom is 0.160 e. The van der Waals surface area contributed by atoms with Gasteiger partial charge in [-0.1, -0.05) is 55.4 Å². The van der Waals surface area contributed by atoms with Gasteiger partial charge in [-0.2, -0.15) is 0 Å². The first-order chi connectivity index (χ1) is 8.73. The van der Waals surface area contributed by atoms with Crippen LogP contribution in [0.4, 0.5) is 0 Å². The second-order valence-electron chi connectivity index (χ2n) is 8.95. The van der Waals surface area contributed by atoms with Crippen LogP contribution in [0, 0.1) is 21.7 Å². The van der Waals surface area contributed by atoms with Crippen molar-refractivity contribution in [3.63, 3.8) is 0 Å². The second-order valence-corrected chi connectivity index (χ2v) is 13.8. The highest BCUT2D eigenvalue weighted by Gasteiger charge is 2.75. The zero-order chi connectivity index (χ0) is 16.2. The fourth-order valence-electron chi connectivity index (χ4n) is 4.45. The van der Waals surface area contributed by atoms with Gasteiger partial charge in [-0.05, 0) is 34.8 Å². The molecule has 0 aromatic heterocycles. The maximum absolute atomic E-state index is 12.3. The fraction of sp³-hybridized carbons (Fsp3) is 0.938. The number of carbonyl (C=O) groups is 1. The molecule has 0 radical (unpaired) electrons. The Hall–Kier alpha value is 0.0638. The highest BCUT2D eigenvalue weighted by atomic mass is 28.3. The van der Waals surface area contributed by atoms with Crippen molar-refractivity contribution in [2.75, 3.05) is 0 Å². The molecule has 118 valence electrons. The summed E-state index contributed by atoms with van der Waals surface area (Å²) in [4.78, 5) is 12.3. The quantitative estimate of drug-likeness (QED) is 0.586. The summed E-state index contributed by atoms with van der Waals surface area (Å²) in [5.41, 5.74) is 0.0626. The van der Waals surface area contributed by atoms with Gasteiger partial charge in [0.05, 0.1) is 0 Å². The van der Waals surface area contributed by atoms with Crippen LogP contribution >= 0.6 is 0 Å². The van der Waals surface area contributed by atoms with Crippen molar-refractivity contribution in [3.05, 3.63) is 0 Å². The molecule has 1 aliphatic carbocycles. The lowest BCUT2D eigenvalue weighted by Crippen LogP contribution is -2.47. The first-order valence-corrected chi connectivity index (χ1v) is 11.9. The van der Waals surface area contributed by atoms with E-state index in [0.717, 1.165) is 0 Å². The van der Waals surface area contributed by atoms with Gasteiger partial charge >= 0.3 is 0 Å². The molecule has 0 N–H and O–H groups in total. The van der Waals surface area contributed by atoms with Crippen molar-refractivity contribution < 1.29 is 8.91 Å². The maximum atomic E-state index is 12.3. The molecule has 0 unspecified atom stereocenters. The Morgan fingerprint density at radius 1 is 0.800 bits per heavy atom. The number of aldehydes is 1. The minimum Gasteiger partial charge on any atom is -0.462 e. The molecule has 4 heteroatoms. The van der Waals surface area contributed by atoms with Crippen molar-refractivity contribution in [1.82, 2.24) is 0 Å². The molecule has 0 spiro atoms. The monoisotopic (exact) mass is 314 g/mol. The molecule has 20 heavy (non-hydrogen) atoms. The molecular weight excluding hydrogens is 280 g/mol. The highest BCUT2D eigenvalue weighted by molar-refractivity contribution is 6.58. The summed E-state index contributed by atoms with van der Waals surface area (Å²) in [6.45, 7) is 22.9. The van der Waals surface area contributed by atoms with E-state index in [-0.39, 0.29) is 26.7 Å². The van der Waals surface area contributed by atoms with E-state index >= 15 is 0 Å². The summed E-state index contributed by atoms with van der Waals surface area (Å²) in [5.74, 6) is 0. The third kappa shape index (κ3) is 1.80. The predicted molar refractivity (Wildman–Crippen MR) is 92.4 cm³/mol. The van der Waals surface area contributed by atoms with Crippen molar-refractivity contribution in [3.8, 4) is 0 Å². The van der Waals surface area contributed by atoms with Crippen molar-refractivity contribution in [1.29, 1.82) is 0 Å². The predicted octanol–water partition coefficient (Wildman–Crippen LogP) is 3.55. The molecule has 2 nitrogen and oxygen atoms in total. The molecule has 0 atom stereocenters. The molecule has 0 heterocycles. The summed E-state index contributed by atoms with van der Waals surface area (Å²) in [7, 11) is -2.00. The van der Waals surface area contributed by atoms with Gasteiger partial charge in [-0.25, -0.2) is 0 Å². The van der Waals surface area contributed by atoms with Crippen LogP contribution in [0.15, 0.2) is 0 Å². The average molecular weight is 315 g/mol. The van der Waals surface area contributed by atoms with E-state index in [0.29, 0.717) is 0 Å². The number of hydrogen-bond donors (Lipinski definition) is 0. The zero-order valence-corrected chi connectivity index (χ0v) is 17.7. The van der Waals surface area contributed by atoms with Gasteiger partial charge in [-0.15, -0.1) is 0 Å². The minimum atomic E-state index is -1.08. The Morgan fingerprint density at radius 3 is 1.40 bits per heavy atom. The topological polar surface area (TPSA) is 26.3 Å². The van der Waals surface area contributed by atoms with Gasteiger partial charge in [-0.3, -0.25) is 0 Å². The first kappa shape index (κ1) is 18.1. The smallest absolute Gasteiger partial charge is 0.160 e. The van der Waals surface area contributed by atoms with E-state index < -0.39 is 18.8 Å². The number of carbonyl (C=O) groups excluding carboxylic acids is 1. The van der Waals surface area contributed by atoms with Crippen LogP contribution in [0.25, 0.3) is 0 Å². The Kier molecular flexibility index (Phi) is 4.33. The van der Waals surface area contributed by atoms with Crippen LogP contribution < -0.4 is 0 Å². The Balaban J connectivity index is 3.52. The third-order valence-electron chi connectivity index (χ3n) is 7.76. The van der Waals surface area contributed by atoms with E-state index in [9.17, 15) is 4.79 Å². The lowest BCUT2D eigenvalue weighted by molar-refractivity contribution is -0.116. The van der Waals surface area contributed by atoms with Crippen molar-refractivity contribution in [2.45, 2.75) is 73.5 Å². The van der Waals surface area contributed by atoms with Crippen LogP contribution in [-0.4, -0.2) is 25.1 Å². The Labute approximate surface area is 129 Å². The summed E-state index contributed by atoms with van der Waals surface area (Å²) in [6.07, 6.45) is 1.27. The molecule has 0 aliphatic heterocycles. The van der Waals surface area contributed by atoms with Gasteiger partial charge in [0.1, 0.15) is 6.29 Å². The fourth-order valence-corrected chi connectivity index (χ4v) is 8.51. The van der Waals surface area contributed by atoms with Crippen LogP contribution in [-0.2, 0) is 8.91 Å². The van der Waals surface area contributed by atoms with Gasteiger partial charge in [0.2, 0.25) is 0 Å². The van der Waals surface area contributed by atoms with Gasteiger partial charge in [0, 0.05) is 5.04 Å². The van der Waals surface area contributed by atoms with Crippen LogP contribution in [0.5, 0.6) is 0 Å². The van der Waals surface area contributed by atoms with E-state index in [4.69, 9.17) is 4.12 Å². The number of hydrogen-bond acceptors (Lipinski definition) is 2. The molecule has 0 amide bonds. The SMILES string of the molecule is C[SiH](C)O[SiH2]C1(C=O)C(C)(C)C(C)(C)C(C)(C)C1(C)C. The molecular formula is C16H34O2Si2. The Bertz CT molecular complexity index is 369. The molecule has 1 aliphatic rings. The molecule has 0 aromatic carbocycles. The summed E-state index contributed by atoms with van der Waals surface area (Å²) in [5, 5.41) is -0.301. The molecule has 1 fully saturated rings. The van der Waals surface area contributed by atoms with Gasteiger partial charge in [0.25, 0.3) is 0 Å². The lowest BCUT2D eigenvalue weighted by Gasteiger charge is -2.48. The van der Waals surface area contributed by atoms with Crippen molar-refractivity contribution in [2.24, 2.45) is 21.7 Å². The van der Waals surface area contributed by atoms with Crippen LogP contribution in [0.1, 0.15) is 55.4 Å². The standard InChI is InChI=1S/C16H34O2Si2/c1-12(2)13(3,4)15(7,8)16(11-17,14(12,5)6)19-18-20(9)10/h11,20H,19H2,1-10H3. The van der Waals surface area contributed by atoms with Crippen molar-refractivity contribution >= 4 is 25.1 Å². The normalized spacial score (nSPS) is 29.1. The van der Waals surface area contributed by atoms with E-state index in [1.807, 2.05) is 0 Å². The minimum absolute atomic E-state index is 0.0513. The highest BCUT2D eigenvalue weighted by Crippen LogP contribution is 2.80. The average Bonchev–Trinajstić information content (AvgIpc) is 2.32. The molecule has 1 rings (SSSR count). The third-order valence-corrected chi connectivity index (χ3v) is 13.5. The summed E-state index contributed by atoms with van der Waals surface area (Å²) >= 11 is 0. The summed E-state index contributed by atoms with van der Waals surface area (Å²) in [6, 6.07) is 0.